The molecule has 19 heavy (non-hydrogen) atoms. The second-order valence-electron chi connectivity index (χ2n) is 5.12. The Balaban J connectivity index is 1.65. The minimum absolute atomic E-state index is 0.236. The van der Waals surface area contributed by atoms with E-state index >= 15 is 0 Å². The predicted octanol–water partition coefficient (Wildman–Crippen LogP) is 3.18. The van der Waals surface area contributed by atoms with Crippen molar-refractivity contribution in [1.82, 2.24) is 10.2 Å². The zero-order valence-electron chi connectivity index (χ0n) is 11.3. The second-order valence-corrected chi connectivity index (χ2v) is 5.12. The van der Waals surface area contributed by atoms with Crippen LogP contribution in [0.2, 0.25) is 0 Å². The quantitative estimate of drug-likeness (QED) is 0.883. The van der Waals surface area contributed by atoms with Gasteiger partial charge in [-0.15, -0.1) is 0 Å². The molecule has 0 spiro atoms. The normalized spacial score (nSPS) is 16.6. The molecule has 1 saturated heterocycles. The zero-order chi connectivity index (χ0) is 13.1. The van der Waals surface area contributed by atoms with Gasteiger partial charge in [0.1, 0.15) is 0 Å². The Morgan fingerprint density at radius 3 is 2.53 bits per heavy atom. The van der Waals surface area contributed by atoms with E-state index in [4.69, 9.17) is 0 Å². The lowest BCUT2D eigenvalue weighted by Gasteiger charge is -2.19. The fourth-order valence-corrected chi connectivity index (χ4v) is 2.58. The topological polar surface area (TPSA) is 44.0 Å². The molecule has 1 unspecified atom stereocenters. The molecule has 1 aromatic carbocycles. The maximum Gasteiger partial charge on any atom is 0.0651 e. The highest BCUT2D eigenvalue weighted by Crippen LogP contribution is 2.23. The molecule has 0 bridgehead atoms. The Morgan fingerprint density at radius 1 is 1.16 bits per heavy atom. The van der Waals surface area contributed by atoms with Crippen LogP contribution in [0.5, 0.6) is 0 Å². The summed E-state index contributed by atoms with van der Waals surface area (Å²) in [4.78, 5) is 2.45. The number of anilines is 2. The molecule has 4 heteroatoms. The van der Waals surface area contributed by atoms with E-state index in [1.54, 1.807) is 6.20 Å². The SMILES string of the molecule is CC(Nc1ccc(N2CCCC2)cc1)c1ccn[nH]1. The third-order valence-electron chi connectivity index (χ3n) is 3.71. The standard InChI is InChI=1S/C15H20N4/c1-12(15-8-9-16-18-15)17-13-4-6-14(7-5-13)19-10-2-3-11-19/h4-9,12,17H,2-3,10-11H2,1H3,(H,16,18). The average Bonchev–Trinajstić information content (AvgIpc) is 3.13. The number of aromatic nitrogens is 2. The van der Waals surface area contributed by atoms with E-state index in [1.165, 1.54) is 31.6 Å². The lowest BCUT2D eigenvalue weighted by Crippen LogP contribution is -2.17. The summed E-state index contributed by atoms with van der Waals surface area (Å²) >= 11 is 0. The van der Waals surface area contributed by atoms with Crippen molar-refractivity contribution < 1.29 is 0 Å². The van der Waals surface area contributed by atoms with Crippen LogP contribution in [0.3, 0.4) is 0 Å². The van der Waals surface area contributed by atoms with E-state index in [0.29, 0.717) is 0 Å². The Hall–Kier alpha value is -1.97. The van der Waals surface area contributed by atoms with E-state index in [9.17, 15) is 0 Å². The molecule has 1 atom stereocenters. The van der Waals surface area contributed by atoms with Crippen LogP contribution in [-0.4, -0.2) is 23.3 Å². The van der Waals surface area contributed by atoms with Crippen LogP contribution in [-0.2, 0) is 0 Å². The fraction of sp³-hybridized carbons (Fsp3) is 0.400. The molecule has 0 amide bonds. The van der Waals surface area contributed by atoms with Crippen molar-refractivity contribution in [3.8, 4) is 0 Å². The number of nitrogens with one attached hydrogen (secondary N) is 2. The van der Waals surface area contributed by atoms with Gasteiger partial charge in [0, 0.05) is 30.7 Å². The first kappa shape index (κ1) is 12.1. The zero-order valence-corrected chi connectivity index (χ0v) is 11.3. The van der Waals surface area contributed by atoms with Crippen molar-refractivity contribution in [1.29, 1.82) is 0 Å². The molecular formula is C15H20N4. The molecular weight excluding hydrogens is 236 g/mol. The average molecular weight is 256 g/mol. The molecule has 1 aliphatic heterocycles. The van der Waals surface area contributed by atoms with Gasteiger partial charge < -0.3 is 10.2 Å². The summed E-state index contributed by atoms with van der Waals surface area (Å²) in [7, 11) is 0. The van der Waals surface area contributed by atoms with Crippen LogP contribution in [0.15, 0.2) is 36.5 Å². The fourth-order valence-electron chi connectivity index (χ4n) is 2.58. The summed E-state index contributed by atoms with van der Waals surface area (Å²) < 4.78 is 0. The summed E-state index contributed by atoms with van der Waals surface area (Å²) in [5.74, 6) is 0. The highest BCUT2D eigenvalue weighted by molar-refractivity contribution is 5.56. The Bertz CT molecular complexity index is 497. The van der Waals surface area contributed by atoms with Crippen LogP contribution in [0, 0.1) is 0 Å². The number of hydrogen-bond acceptors (Lipinski definition) is 3. The molecule has 1 fully saturated rings. The van der Waals surface area contributed by atoms with Crippen molar-refractivity contribution in [3.63, 3.8) is 0 Å². The Labute approximate surface area is 113 Å². The lowest BCUT2D eigenvalue weighted by atomic mass is 10.2. The van der Waals surface area contributed by atoms with Gasteiger partial charge in [0.25, 0.3) is 0 Å². The van der Waals surface area contributed by atoms with Crippen molar-refractivity contribution in [3.05, 3.63) is 42.2 Å². The van der Waals surface area contributed by atoms with Gasteiger partial charge in [-0.05, 0) is 50.1 Å². The van der Waals surface area contributed by atoms with E-state index < -0.39 is 0 Å². The molecule has 2 heterocycles. The van der Waals surface area contributed by atoms with E-state index in [0.717, 1.165) is 11.4 Å². The molecule has 0 saturated carbocycles. The summed E-state index contributed by atoms with van der Waals surface area (Å²) in [5.41, 5.74) is 3.57. The van der Waals surface area contributed by atoms with Crippen LogP contribution in [0.1, 0.15) is 31.5 Å². The van der Waals surface area contributed by atoms with Crippen LogP contribution in [0.4, 0.5) is 11.4 Å². The summed E-state index contributed by atoms with van der Waals surface area (Å²) in [6, 6.07) is 10.9. The number of hydrogen-bond donors (Lipinski definition) is 2. The first-order valence-corrected chi connectivity index (χ1v) is 6.94. The Morgan fingerprint density at radius 2 is 1.89 bits per heavy atom. The van der Waals surface area contributed by atoms with Crippen molar-refractivity contribution in [2.75, 3.05) is 23.3 Å². The van der Waals surface area contributed by atoms with Gasteiger partial charge in [-0.1, -0.05) is 0 Å². The maximum atomic E-state index is 3.98. The van der Waals surface area contributed by atoms with Gasteiger partial charge in [0.15, 0.2) is 0 Å². The van der Waals surface area contributed by atoms with Crippen molar-refractivity contribution >= 4 is 11.4 Å². The largest absolute Gasteiger partial charge is 0.377 e. The monoisotopic (exact) mass is 256 g/mol. The van der Waals surface area contributed by atoms with Crippen molar-refractivity contribution in [2.45, 2.75) is 25.8 Å². The lowest BCUT2D eigenvalue weighted by molar-refractivity contribution is 0.825. The van der Waals surface area contributed by atoms with Crippen molar-refractivity contribution in [2.24, 2.45) is 0 Å². The predicted molar refractivity (Wildman–Crippen MR) is 78.5 cm³/mol. The van der Waals surface area contributed by atoms with Gasteiger partial charge in [0.2, 0.25) is 0 Å². The first-order valence-electron chi connectivity index (χ1n) is 6.94. The van der Waals surface area contributed by atoms with Crippen LogP contribution in [0.25, 0.3) is 0 Å². The number of rotatable bonds is 4. The number of aromatic amines is 1. The van der Waals surface area contributed by atoms with Gasteiger partial charge in [-0.2, -0.15) is 5.10 Å². The maximum absolute atomic E-state index is 3.98. The summed E-state index contributed by atoms with van der Waals surface area (Å²) in [6.45, 7) is 4.51. The first-order chi connectivity index (χ1) is 9.33. The van der Waals surface area contributed by atoms with Gasteiger partial charge in [-0.25, -0.2) is 0 Å². The number of nitrogens with zero attached hydrogens (tertiary/aromatic N) is 2. The van der Waals surface area contributed by atoms with E-state index in [2.05, 4.69) is 51.6 Å². The summed E-state index contributed by atoms with van der Waals surface area (Å²) in [5, 5.41) is 10.4. The third kappa shape index (κ3) is 2.72. The molecule has 3 rings (SSSR count). The van der Waals surface area contributed by atoms with Crippen LogP contribution < -0.4 is 10.2 Å². The van der Waals surface area contributed by atoms with E-state index in [1.807, 2.05) is 6.07 Å². The molecule has 1 aliphatic rings. The number of benzene rings is 1. The minimum atomic E-state index is 0.236. The molecule has 4 nitrogen and oxygen atoms in total. The highest BCUT2D eigenvalue weighted by Gasteiger charge is 2.12. The molecule has 2 aromatic rings. The van der Waals surface area contributed by atoms with Gasteiger partial charge in [-0.3, -0.25) is 5.10 Å². The van der Waals surface area contributed by atoms with Gasteiger partial charge >= 0.3 is 0 Å². The molecule has 1 aromatic heterocycles. The number of H-pyrrole nitrogens is 1. The summed E-state index contributed by atoms with van der Waals surface area (Å²) in [6.07, 6.45) is 4.41. The molecule has 0 aliphatic carbocycles. The minimum Gasteiger partial charge on any atom is -0.377 e. The molecule has 100 valence electrons. The smallest absolute Gasteiger partial charge is 0.0651 e. The molecule has 2 N–H and O–H groups in total. The Kier molecular flexibility index (Phi) is 3.40. The van der Waals surface area contributed by atoms with Crippen LogP contribution >= 0.6 is 0 Å². The van der Waals surface area contributed by atoms with Gasteiger partial charge in [0.05, 0.1) is 11.7 Å². The second kappa shape index (κ2) is 5.34. The van der Waals surface area contributed by atoms with E-state index in [-0.39, 0.29) is 6.04 Å². The highest BCUT2D eigenvalue weighted by atomic mass is 15.1. The third-order valence-corrected chi connectivity index (χ3v) is 3.71. The molecule has 0 radical (unpaired) electrons.